The highest BCUT2D eigenvalue weighted by Gasteiger charge is 2.20. The van der Waals surface area contributed by atoms with E-state index in [0.29, 0.717) is 13.2 Å². The molecule has 0 radical (unpaired) electrons. The number of ether oxygens (including phenoxy) is 4. The first-order valence-electron chi connectivity index (χ1n) is 10.2. The summed E-state index contributed by atoms with van der Waals surface area (Å²) >= 11 is 4.34. The van der Waals surface area contributed by atoms with Crippen molar-refractivity contribution in [3.05, 3.63) is 47.5 Å². The molecule has 1 aliphatic rings. The molecule has 0 saturated carbocycles. The Kier molecular flexibility index (Phi) is 9.07. The molecular formula is C24H33NO5S. The van der Waals surface area contributed by atoms with Gasteiger partial charge in [-0.25, -0.2) is 4.79 Å². The molecule has 0 spiro atoms. The van der Waals surface area contributed by atoms with Crippen molar-refractivity contribution in [3.8, 4) is 11.5 Å². The predicted octanol–water partition coefficient (Wildman–Crippen LogP) is 4.82. The molecule has 1 N–H and O–H groups in total. The van der Waals surface area contributed by atoms with Gasteiger partial charge < -0.3 is 24.3 Å². The fourth-order valence-electron chi connectivity index (χ4n) is 2.94. The predicted molar refractivity (Wildman–Crippen MR) is 126 cm³/mol. The zero-order valence-electron chi connectivity index (χ0n) is 19.2. The first kappa shape index (κ1) is 24.9. The number of hydrogen-bond donors (Lipinski definition) is 2. The van der Waals surface area contributed by atoms with Gasteiger partial charge in [0.1, 0.15) is 30.3 Å². The number of benzene rings is 2. The van der Waals surface area contributed by atoms with E-state index in [9.17, 15) is 4.79 Å². The molecule has 31 heavy (non-hydrogen) atoms. The Labute approximate surface area is 190 Å². The van der Waals surface area contributed by atoms with Crippen LogP contribution in [0.25, 0.3) is 0 Å². The van der Waals surface area contributed by atoms with Gasteiger partial charge in [0.25, 0.3) is 0 Å². The summed E-state index contributed by atoms with van der Waals surface area (Å²) in [5, 5.41) is 3.32. The monoisotopic (exact) mass is 447 g/mol. The van der Waals surface area contributed by atoms with E-state index in [0.717, 1.165) is 33.2 Å². The van der Waals surface area contributed by atoms with Gasteiger partial charge in [-0.1, -0.05) is 12.1 Å². The topological polar surface area (TPSA) is 66.0 Å². The summed E-state index contributed by atoms with van der Waals surface area (Å²) in [6.45, 7) is 10.4. The van der Waals surface area contributed by atoms with Crippen molar-refractivity contribution in [1.82, 2.24) is 0 Å². The summed E-state index contributed by atoms with van der Waals surface area (Å²) < 4.78 is 21.3. The number of rotatable bonds is 5. The summed E-state index contributed by atoms with van der Waals surface area (Å²) in [4.78, 5) is 12.5. The standard InChI is InChI=1S/C15H21NO4.C9H12OS/c1-15(2,3)20-14(17)10-18-8-11-9-19-13-7-5-4-6-12(13)16-11;1-6-4-8(10-3)5-7(2)9(6)11/h4-7,11,16H,8-10H2,1-3H3;4-5,11H,1-3H3. The van der Waals surface area contributed by atoms with Crippen LogP contribution in [0.15, 0.2) is 41.3 Å². The van der Waals surface area contributed by atoms with Crippen LogP contribution in [-0.4, -0.2) is 44.5 Å². The molecular weight excluding hydrogens is 414 g/mol. The third kappa shape index (κ3) is 8.34. The molecule has 1 heterocycles. The average molecular weight is 448 g/mol. The molecule has 0 amide bonds. The Hall–Kier alpha value is -2.38. The number of aryl methyl sites for hydroxylation is 2. The van der Waals surface area contributed by atoms with Crippen LogP contribution in [0.2, 0.25) is 0 Å². The molecule has 170 valence electrons. The largest absolute Gasteiger partial charge is 0.497 e. The minimum Gasteiger partial charge on any atom is -0.497 e. The van der Waals surface area contributed by atoms with E-state index in [1.54, 1.807) is 7.11 Å². The van der Waals surface area contributed by atoms with E-state index in [-0.39, 0.29) is 18.6 Å². The summed E-state index contributed by atoms with van der Waals surface area (Å²) in [6.07, 6.45) is 0. The zero-order chi connectivity index (χ0) is 23.0. The summed E-state index contributed by atoms with van der Waals surface area (Å²) in [5.74, 6) is 1.39. The van der Waals surface area contributed by atoms with E-state index in [2.05, 4.69) is 17.9 Å². The van der Waals surface area contributed by atoms with Gasteiger partial charge in [-0.3, -0.25) is 0 Å². The Morgan fingerprint density at radius 3 is 2.45 bits per heavy atom. The van der Waals surface area contributed by atoms with Gasteiger partial charge in [-0.2, -0.15) is 0 Å². The van der Waals surface area contributed by atoms with Gasteiger partial charge in [0.15, 0.2) is 0 Å². The van der Waals surface area contributed by atoms with E-state index in [1.807, 2.05) is 71.0 Å². The first-order valence-corrected chi connectivity index (χ1v) is 10.7. The van der Waals surface area contributed by atoms with Crippen molar-refractivity contribution < 1.29 is 23.7 Å². The van der Waals surface area contributed by atoms with E-state index < -0.39 is 5.60 Å². The molecule has 7 heteroatoms. The highest BCUT2D eigenvalue weighted by molar-refractivity contribution is 7.80. The third-order valence-corrected chi connectivity index (χ3v) is 5.05. The highest BCUT2D eigenvalue weighted by Crippen LogP contribution is 2.28. The zero-order valence-corrected chi connectivity index (χ0v) is 20.0. The lowest BCUT2D eigenvalue weighted by Crippen LogP contribution is -2.36. The van der Waals surface area contributed by atoms with Gasteiger partial charge in [0.2, 0.25) is 0 Å². The van der Waals surface area contributed by atoms with Gasteiger partial charge in [-0.15, -0.1) is 12.6 Å². The fraction of sp³-hybridized carbons (Fsp3) is 0.458. The van der Waals surface area contributed by atoms with Crippen LogP contribution in [0.1, 0.15) is 31.9 Å². The van der Waals surface area contributed by atoms with Crippen LogP contribution in [0.5, 0.6) is 11.5 Å². The number of methoxy groups -OCH3 is 1. The molecule has 3 rings (SSSR count). The summed E-state index contributed by atoms with van der Waals surface area (Å²) in [5.41, 5.74) is 2.78. The summed E-state index contributed by atoms with van der Waals surface area (Å²) in [6, 6.07) is 11.7. The second kappa shape index (κ2) is 11.3. The molecule has 0 saturated heterocycles. The molecule has 0 fully saturated rings. The Balaban J connectivity index is 0.000000262. The molecule has 0 bridgehead atoms. The lowest BCUT2D eigenvalue weighted by molar-refractivity contribution is -0.160. The second-order valence-corrected chi connectivity index (χ2v) is 8.81. The molecule has 1 atom stereocenters. The van der Waals surface area contributed by atoms with Gasteiger partial charge in [0, 0.05) is 4.90 Å². The maximum absolute atomic E-state index is 11.5. The summed E-state index contributed by atoms with van der Waals surface area (Å²) in [7, 11) is 1.67. The average Bonchev–Trinajstić information content (AvgIpc) is 2.70. The Morgan fingerprint density at radius 1 is 1.19 bits per heavy atom. The van der Waals surface area contributed by atoms with Crippen molar-refractivity contribution in [3.63, 3.8) is 0 Å². The number of para-hydroxylation sites is 2. The maximum atomic E-state index is 11.5. The number of esters is 1. The Morgan fingerprint density at radius 2 is 1.84 bits per heavy atom. The van der Waals surface area contributed by atoms with E-state index >= 15 is 0 Å². The second-order valence-electron chi connectivity index (χ2n) is 8.36. The fourth-order valence-corrected chi connectivity index (χ4v) is 3.07. The van der Waals surface area contributed by atoms with E-state index in [4.69, 9.17) is 18.9 Å². The van der Waals surface area contributed by atoms with Crippen LogP contribution < -0.4 is 14.8 Å². The molecule has 0 aliphatic carbocycles. The molecule has 2 aromatic rings. The molecule has 1 aliphatic heterocycles. The van der Waals surface area contributed by atoms with Crippen molar-refractivity contribution >= 4 is 24.3 Å². The first-order chi connectivity index (χ1) is 14.6. The number of thiol groups is 1. The third-order valence-electron chi connectivity index (χ3n) is 4.35. The van der Waals surface area contributed by atoms with Crippen molar-refractivity contribution in [2.75, 3.05) is 32.2 Å². The SMILES string of the molecule is CC(C)(C)OC(=O)COCC1COc2ccccc2N1.COc1cc(C)c(S)c(C)c1. The lowest BCUT2D eigenvalue weighted by Gasteiger charge is -2.27. The smallest absolute Gasteiger partial charge is 0.332 e. The van der Waals surface area contributed by atoms with Crippen LogP contribution >= 0.6 is 12.6 Å². The van der Waals surface area contributed by atoms with Gasteiger partial charge in [0.05, 0.1) is 25.4 Å². The van der Waals surface area contributed by atoms with Gasteiger partial charge in [-0.05, 0) is 70.0 Å². The molecule has 2 aromatic carbocycles. The normalized spacial score (nSPS) is 14.9. The van der Waals surface area contributed by atoms with Crippen LogP contribution in [0.4, 0.5) is 5.69 Å². The van der Waals surface area contributed by atoms with Crippen molar-refractivity contribution in [1.29, 1.82) is 0 Å². The number of anilines is 1. The quantitative estimate of drug-likeness (QED) is 0.506. The highest BCUT2D eigenvalue weighted by atomic mass is 32.1. The molecule has 0 aromatic heterocycles. The van der Waals surface area contributed by atoms with Crippen molar-refractivity contribution in [2.24, 2.45) is 0 Å². The van der Waals surface area contributed by atoms with Crippen molar-refractivity contribution in [2.45, 2.75) is 51.2 Å². The number of hydrogen-bond acceptors (Lipinski definition) is 7. The van der Waals surface area contributed by atoms with E-state index in [1.165, 1.54) is 0 Å². The molecule has 1 unspecified atom stereocenters. The van der Waals surface area contributed by atoms with Crippen LogP contribution in [0.3, 0.4) is 0 Å². The number of nitrogens with one attached hydrogen (secondary N) is 1. The minimum absolute atomic E-state index is 0.0346. The number of fused-ring (bicyclic) bond motifs is 1. The lowest BCUT2D eigenvalue weighted by atomic mass is 10.1. The van der Waals surface area contributed by atoms with Gasteiger partial charge >= 0.3 is 5.97 Å². The molecule has 6 nitrogen and oxygen atoms in total. The number of carbonyl (C=O) groups excluding carboxylic acids is 1. The number of carbonyl (C=O) groups is 1. The van der Waals surface area contributed by atoms with Crippen LogP contribution in [-0.2, 0) is 14.3 Å². The van der Waals surface area contributed by atoms with Crippen LogP contribution in [0, 0.1) is 13.8 Å². The minimum atomic E-state index is -0.481. The Bertz CT molecular complexity index is 856. The maximum Gasteiger partial charge on any atom is 0.332 e.